The molecule has 3 saturated carbocycles. The van der Waals surface area contributed by atoms with Crippen LogP contribution in [0.15, 0.2) is 11.6 Å². The Labute approximate surface area is 183 Å². The van der Waals surface area contributed by atoms with Gasteiger partial charge in [-0.2, -0.15) is 0 Å². The molecule has 0 amide bonds. The van der Waals surface area contributed by atoms with Crippen LogP contribution in [-0.4, -0.2) is 29.6 Å². The molecule has 2 saturated heterocycles. The van der Waals surface area contributed by atoms with Gasteiger partial charge in [0, 0.05) is 12.5 Å². The van der Waals surface area contributed by atoms with Crippen LogP contribution in [-0.2, 0) is 4.74 Å². The number of piperidine rings is 1. The minimum absolute atomic E-state index is 0.0439. The van der Waals surface area contributed by atoms with E-state index in [2.05, 4.69) is 39.1 Å². The standard InChI is InChI=1S/C27H43NO2/c1-16-7-12-27(28-15-16)17(2)24-23(30-27)14-22-20-6-5-18-13-19(29)8-10-25(18,3)21(20)9-11-26(22,24)4/h5,16-17,19-24,28-29H,6-15H2,1-4H3/t16-,17-,19+,20+,21-,22+,23+,24-,25+,26+,27-/m1/s1. The van der Waals surface area contributed by atoms with E-state index in [1.54, 1.807) is 5.57 Å². The molecule has 6 aliphatic rings. The Balaban J connectivity index is 1.28. The van der Waals surface area contributed by atoms with Crippen molar-refractivity contribution in [1.29, 1.82) is 0 Å². The molecule has 6 rings (SSSR count). The van der Waals surface area contributed by atoms with E-state index in [1.807, 2.05) is 0 Å². The van der Waals surface area contributed by atoms with Gasteiger partial charge in [-0.15, -0.1) is 0 Å². The number of hydrogen-bond donors (Lipinski definition) is 2. The number of ether oxygens (including phenoxy) is 1. The summed E-state index contributed by atoms with van der Waals surface area (Å²) in [6.07, 6.45) is 13.8. The molecule has 0 aromatic heterocycles. The molecule has 0 aromatic carbocycles. The van der Waals surface area contributed by atoms with E-state index in [0.29, 0.717) is 22.9 Å². The average molecular weight is 414 g/mol. The van der Waals surface area contributed by atoms with E-state index in [9.17, 15) is 5.11 Å². The lowest BCUT2D eigenvalue weighted by molar-refractivity contribution is -0.115. The van der Waals surface area contributed by atoms with Crippen LogP contribution >= 0.6 is 0 Å². The summed E-state index contributed by atoms with van der Waals surface area (Å²) in [5, 5.41) is 14.1. The van der Waals surface area contributed by atoms with Crippen molar-refractivity contribution in [2.75, 3.05) is 6.54 Å². The normalized spacial score (nSPS) is 59.8. The molecule has 2 aliphatic heterocycles. The van der Waals surface area contributed by atoms with Gasteiger partial charge in [0.15, 0.2) is 0 Å². The molecule has 168 valence electrons. The lowest BCUT2D eigenvalue weighted by atomic mass is 9.47. The molecule has 5 fully saturated rings. The van der Waals surface area contributed by atoms with Gasteiger partial charge in [-0.1, -0.05) is 39.3 Å². The van der Waals surface area contributed by atoms with Gasteiger partial charge in [0.05, 0.1) is 12.2 Å². The Morgan fingerprint density at radius 3 is 2.67 bits per heavy atom. The van der Waals surface area contributed by atoms with Crippen LogP contribution < -0.4 is 5.32 Å². The van der Waals surface area contributed by atoms with E-state index < -0.39 is 0 Å². The highest BCUT2D eigenvalue weighted by atomic mass is 16.5. The highest BCUT2D eigenvalue weighted by molar-refractivity contribution is 5.26. The van der Waals surface area contributed by atoms with Crippen LogP contribution in [0.25, 0.3) is 0 Å². The van der Waals surface area contributed by atoms with Gasteiger partial charge in [-0.05, 0) is 98.2 Å². The van der Waals surface area contributed by atoms with Gasteiger partial charge in [-0.25, -0.2) is 0 Å². The van der Waals surface area contributed by atoms with Crippen molar-refractivity contribution in [3.8, 4) is 0 Å². The second-order valence-corrected chi connectivity index (χ2v) is 12.8. The predicted octanol–water partition coefficient (Wildman–Crippen LogP) is 5.29. The number of nitrogens with one attached hydrogen (secondary N) is 1. The SMILES string of the molecule is C[C@@H]1CC[C@@]2(NC1)O[C@H]1C[C@H]3[C@H]4CC=C5C[C@@H](O)CC[C@]5(C)[C@@H]4CC[C@]3(C)[C@@H]1[C@H]2C. The molecular weight excluding hydrogens is 370 g/mol. The molecule has 0 radical (unpaired) electrons. The van der Waals surface area contributed by atoms with Gasteiger partial charge in [0.1, 0.15) is 5.72 Å². The zero-order valence-corrected chi connectivity index (χ0v) is 19.6. The lowest BCUT2D eigenvalue weighted by Crippen LogP contribution is -2.57. The first-order valence-corrected chi connectivity index (χ1v) is 13.1. The second kappa shape index (κ2) is 6.58. The van der Waals surface area contributed by atoms with Gasteiger partial charge < -0.3 is 9.84 Å². The predicted molar refractivity (Wildman–Crippen MR) is 120 cm³/mol. The fourth-order valence-electron chi connectivity index (χ4n) is 9.84. The Bertz CT molecular complexity index is 739. The maximum absolute atomic E-state index is 10.3. The first-order valence-electron chi connectivity index (χ1n) is 13.1. The largest absolute Gasteiger partial charge is 0.393 e. The summed E-state index contributed by atoms with van der Waals surface area (Å²) >= 11 is 0. The molecule has 2 heterocycles. The average Bonchev–Trinajstić information content (AvgIpc) is 3.16. The number of hydrogen-bond acceptors (Lipinski definition) is 3. The smallest absolute Gasteiger partial charge is 0.122 e. The van der Waals surface area contributed by atoms with Gasteiger partial charge in [-0.3, -0.25) is 5.32 Å². The van der Waals surface area contributed by atoms with Gasteiger partial charge in [0.25, 0.3) is 0 Å². The number of aliphatic hydroxyl groups is 1. The third kappa shape index (κ3) is 2.55. The van der Waals surface area contributed by atoms with Crippen molar-refractivity contribution < 1.29 is 9.84 Å². The zero-order valence-electron chi connectivity index (χ0n) is 19.6. The van der Waals surface area contributed by atoms with Crippen LogP contribution in [0, 0.1) is 46.3 Å². The van der Waals surface area contributed by atoms with Crippen LogP contribution in [0.5, 0.6) is 0 Å². The van der Waals surface area contributed by atoms with Gasteiger partial charge >= 0.3 is 0 Å². The molecule has 3 nitrogen and oxygen atoms in total. The monoisotopic (exact) mass is 413 g/mol. The number of aliphatic hydroxyl groups excluding tert-OH is 1. The van der Waals surface area contributed by atoms with Crippen molar-refractivity contribution >= 4 is 0 Å². The molecule has 30 heavy (non-hydrogen) atoms. The highest BCUT2D eigenvalue weighted by Crippen LogP contribution is 2.70. The van der Waals surface area contributed by atoms with E-state index >= 15 is 0 Å². The maximum Gasteiger partial charge on any atom is 0.122 e. The zero-order chi connectivity index (χ0) is 20.9. The highest BCUT2D eigenvalue weighted by Gasteiger charge is 2.68. The summed E-state index contributed by atoms with van der Waals surface area (Å²) in [5.74, 6) is 4.58. The summed E-state index contributed by atoms with van der Waals surface area (Å²) < 4.78 is 7.00. The lowest BCUT2D eigenvalue weighted by Gasteiger charge is -2.58. The van der Waals surface area contributed by atoms with Crippen molar-refractivity contribution in [3.05, 3.63) is 11.6 Å². The summed E-state index contributed by atoms with van der Waals surface area (Å²) in [6, 6.07) is 0. The van der Waals surface area contributed by atoms with E-state index in [-0.39, 0.29) is 11.8 Å². The van der Waals surface area contributed by atoms with E-state index in [0.717, 1.165) is 49.0 Å². The Kier molecular flexibility index (Phi) is 4.44. The maximum atomic E-state index is 10.3. The molecule has 3 heteroatoms. The fourth-order valence-corrected chi connectivity index (χ4v) is 9.84. The minimum Gasteiger partial charge on any atom is -0.393 e. The molecule has 1 spiro atoms. The Morgan fingerprint density at radius 1 is 1.07 bits per heavy atom. The molecule has 0 unspecified atom stereocenters. The number of fused-ring (bicyclic) bond motifs is 7. The Morgan fingerprint density at radius 2 is 1.90 bits per heavy atom. The fraction of sp³-hybridized carbons (Fsp3) is 0.926. The third-order valence-corrected chi connectivity index (χ3v) is 11.6. The summed E-state index contributed by atoms with van der Waals surface area (Å²) in [6.45, 7) is 11.2. The molecule has 4 aliphatic carbocycles. The van der Waals surface area contributed by atoms with E-state index in [1.165, 1.54) is 44.9 Å². The second-order valence-electron chi connectivity index (χ2n) is 12.8. The quantitative estimate of drug-likeness (QED) is 0.530. The van der Waals surface area contributed by atoms with Crippen molar-refractivity contribution in [2.24, 2.45) is 46.3 Å². The van der Waals surface area contributed by atoms with Crippen molar-refractivity contribution in [3.63, 3.8) is 0 Å². The summed E-state index contributed by atoms with van der Waals surface area (Å²) in [4.78, 5) is 0. The molecule has 11 atom stereocenters. The molecule has 2 N–H and O–H groups in total. The van der Waals surface area contributed by atoms with Crippen LogP contribution in [0.1, 0.15) is 85.5 Å². The van der Waals surface area contributed by atoms with Crippen molar-refractivity contribution in [2.45, 2.75) is 103 Å². The van der Waals surface area contributed by atoms with Crippen LogP contribution in [0.2, 0.25) is 0 Å². The topological polar surface area (TPSA) is 41.5 Å². The minimum atomic E-state index is -0.100. The first kappa shape index (κ1) is 20.2. The molecule has 0 bridgehead atoms. The van der Waals surface area contributed by atoms with Crippen molar-refractivity contribution in [1.82, 2.24) is 5.32 Å². The molecular formula is C27H43NO2. The van der Waals surface area contributed by atoms with Crippen LogP contribution in [0.4, 0.5) is 0 Å². The van der Waals surface area contributed by atoms with E-state index in [4.69, 9.17) is 4.74 Å². The van der Waals surface area contributed by atoms with Crippen LogP contribution in [0.3, 0.4) is 0 Å². The summed E-state index contributed by atoms with van der Waals surface area (Å²) in [5.41, 5.74) is 2.33. The Hall–Kier alpha value is -0.380. The third-order valence-electron chi connectivity index (χ3n) is 11.6. The summed E-state index contributed by atoms with van der Waals surface area (Å²) in [7, 11) is 0. The number of allylic oxidation sites excluding steroid dienone is 1. The first-order chi connectivity index (χ1) is 14.3. The van der Waals surface area contributed by atoms with Gasteiger partial charge in [0.2, 0.25) is 0 Å². The number of rotatable bonds is 0. The molecule has 0 aromatic rings.